The highest BCUT2D eigenvalue weighted by Crippen LogP contribution is 2.11. The fourth-order valence-electron chi connectivity index (χ4n) is 1.59. The lowest BCUT2D eigenvalue weighted by molar-refractivity contribution is 0.132. The van der Waals surface area contributed by atoms with Gasteiger partial charge in [-0.1, -0.05) is 25.4 Å². The van der Waals surface area contributed by atoms with Gasteiger partial charge in [0.1, 0.15) is 0 Å². The van der Waals surface area contributed by atoms with Gasteiger partial charge >= 0.3 is 0 Å². The maximum absolute atomic E-state index is 5.89. The van der Waals surface area contributed by atoms with Crippen molar-refractivity contribution in [1.29, 1.82) is 0 Å². The number of hydrogen-bond donors (Lipinski definition) is 1. The Morgan fingerprint density at radius 3 is 3.00 bits per heavy atom. The van der Waals surface area contributed by atoms with Gasteiger partial charge in [0, 0.05) is 19.3 Å². The number of rotatable bonds is 7. The van der Waals surface area contributed by atoms with Crippen LogP contribution in [0.1, 0.15) is 20.3 Å². The molecule has 0 spiro atoms. The third-order valence-corrected chi connectivity index (χ3v) is 2.89. The minimum atomic E-state index is 0.592. The van der Waals surface area contributed by atoms with Crippen molar-refractivity contribution in [3.8, 4) is 0 Å². The zero-order chi connectivity index (χ0) is 13.7. The maximum Gasteiger partial charge on any atom is 0.243 e. The number of fused-ring (bicyclic) bond motifs is 1. The van der Waals surface area contributed by atoms with E-state index < -0.39 is 0 Å². The number of aromatic nitrogens is 3. The van der Waals surface area contributed by atoms with Crippen LogP contribution in [0.2, 0.25) is 5.02 Å². The topological polar surface area (TPSA) is 51.5 Å². The molecule has 0 aromatic carbocycles. The summed E-state index contributed by atoms with van der Waals surface area (Å²) in [5.41, 5.74) is 0.771. The predicted molar refractivity (Wildman–Crippen MR) is 76.8 cm³/mol. The Hall–Kier alpha value is -1.33. The van der Waals surface area contributed by atoms with Gasteiger partial charge in [0.25, 0.3) is 0 Å². The highest BCUT2D eigenvalue weighted by atomic mass is 35.5. The van der Waals surface area contributed by atoms with Gasteiger partial charge in [-0.25, -0.2) is 4.52 Å². The number of ether oxygens (including phenoxy) is 1. The molecule has 0 radical (unpaired) electrons. The summed E-state index contributed by atoms with van der Waals surface area (Å²) in [4.78, 5) is 4.33. The summed E-state index contributed by atoms with van der Waals surface area (Å²) in [7, 11) is 0. The Bertz CT molecular complexity index is 526. The lowest BCUT2D eigenvalue weighted by Gasteiger charge is -2.06. The molecule has 2 aromatic rings. The first-order valence-electron chi connectivity index (χ1n) is 6.48. The average molecular weight is 283 g/mol. The molecule has 0 amide bonds. The summed E-state index contributed by atoms with van der Waals surface area (Å²) >= 11 is 5.89. The molecule has 0 bridgehead atoms. The van der Waals surface area contributed by atoms with Gasteiger partial charge in [0.05, 0.1) is 11.6 Å². The summed E-state index contributed by atoms with van der Waals surface area (Å²) in [5, 5.41) is 8.04. The third kappa shape index (κ3) is 4.36. The summed E-state index contributed by atoms with van der Waals surface area (Å²) in [6.07, 6.45) is 2.82. The van der Waals surface area contributed by atoms with Crippen molar-refractivity contribution in [2.45, 2.75) is 20.3 Å². The second-order valence-electron chi connectivity index (χ2n) is 4.81. The second kappa shape index (κ2) is 6.73. The zero-order valence-corrected chi connectivity index (χ0v) is 12.0. The van der Waals surface area contributed by atoms with Crippen molar-refractivity contribution in [3.63, 3.8) is 0 Å². The number of nitrogens with one attached hydrogen (secondary N) is 1. The molecule has 0 aliphatic heterocycles. The van der Waals surface area contributed by atoms with Crippen molar-refractivity contribution in [2.24, 2.45) is 5.92 Å². The Kier molecular flexibility index (Phi) is 4.99. The van der Waals surface area contributed by atoms with E-state index in [2.05, 4.69) is 29.2 Å². The zero-order valence-electron chi connectivity index (χ0n) is 11.3. The van der Waals surface area contributed by atoms with Crippen LogP contribution in [0.25, 0.3) is 5.65 Å². The Morgan fingerprint density at radius 2 is 2.21 bits per heavy atom. The molecule has 5 nitrogen and oxygen atoms in total. The average Bonchev–Trinajstić information content (AvgIpc) is 2.75. The molecule has 104 valence electrons. The quantitative estimate of drug-likeness (QED) is 0.794. The Balaban J connectivity index is 1.75. The lowest BCUT2D eigenvalue weighted by atomic mass is 10.1. The molecule has 0 aliphatic carbocycles. The molecule has 0 saturated heterocycles. The van der Waals surface area contributed by atoms with E-state index >= 15 is 0 Å². The van der Waals surface area contributed by atoms with E-state index in [-0.39, 0.29) is 0 Å². The van der Waals surface area contributed by atoms with E-state index in [4.69, 9.17) is 16.3 Å². The van der Waals surface area contributed by atoms with Crippen LogP contribution in [0.15, 0.2) is 18.3 Å². The normalized spacial score (nSPS) is 11.4. The van der Waals surface area contributed by atoms with E-state index in [0.29, 0.717) is 30.0 Å². The number of anilines is 1. The molecular weight excluding hydrogens is 264 g/mol. The number of halogens is 1. The fraction of sp³-hybridized carbons (Fsp3) is 0.538. The minimum Gasteiger partial charge on any atom is -0.380 e. The van der Waals surface area contributed by atoms with Crippen molar-refractivity contribution in [2.75, 3.05) is 25.1 Å². The maximum atomic E-state index is 5.89. The van der Waals surface area contributed by atoms with Crippen LogP contribution in [0.5, 0.6) is 0 Å². The van der Waals surface area contributed by atoms with E-state index in [1.165, 1.54) is 0 Å². The van der Waals surface area contributed by atoms with E-state index in [9.17, 15) is 0 Å². The molecule has 0 aliphatic rings. The van der Waals surface area contributed by atoms with Crippen LogP contribution in [-0.2, 0) is 4.74 Å². The first kappa shape index (κ1) is 14.1. The monoisotopic (exact) mass is 282 g/mol. The fourth-order valence-corrected chi connectivity index (χ4v) is 1.74. The molecule has 0 unspecified atom stereocenters. The van der Waals surface area contributed by atoms with Gasteiger partial charge in [-0.3, -0.25) is 0 Å². The predicted octanol–water partition coefficient (Wildman–Crippen LogP) is 2.86. The van der Waals surface area contributed by atoms with Crippen LogP contribution >= 0.6 is 11.6 Å². The van der Waals surface area contributed by atoms with E-state index in [1.807, 2.05) is 6.07 Å². The molecular formula is C13H19ClN4O. The van der Waals surface area contributed by atoms with Crippen LogP contribution in [0.4, 0.5) is 5.95 Å². The van der Waals surface area contributed by atoms with E-state index in [1.54, 1.807) is 16.8 Å². The van der Waals surface area contributed by atoms with Crippen LogP contribution in [0, 0.1) is 5.92 Å². The molecule has 2 aromatic heterocycles. The highest BCUT2D eigenvalue weighted by molar-refractivity contribution is 6.30. The number of pyridine rings is 1. The summed E-state index contributed by atoms with van der Waals surface area (Å²) in [5.74, 6) is 1.27. The first-order chi connectivity index (χ1) is 9.15. The third-order valence-electron chi connectivity index (χ3n) is 2.66. The van der Waals surface area contributed by atoms with Gasteiger partial charge < -0.3 is 10.1 Å². The molecule has 0 fully saturated rings. The largest absolute Gasteiger partial charge is 0.380 e. The highest BCUT2D eigenvalue weighted by Gasteiger charge is 2.02. The second-order valence-corrected chi connectivity index (χ2v) is 5.24. The molecule has 0 atom stereocenters. The van der Waals surface area contributed by atoms with Crippen LogP contribution < -0.4 is 5.32 Å². The van der Waals surface area contributed by atoms with Gasteiger partial charge in [0.15, 0.2) is 5.65 Å². The Morgan fingerprint density at radius 1 is 1.37 bits per heavy atom. The van der Waals surface area contributed by atoms with Crippen molar-refractivity contribution < 1.29 is 4.74 Å². The molecule has 2 heterocycles. The first-order valence-corrected chi connectivity index (χ1v) is 6.86. The van der Waals surface area contributed by atoms with Gasteiger partial charge in [-0.05, 0) is 24.5 Å². The summed E-state index contributed by atoms with van der Waals surface area (Å²) in [6, 6.07) is 3.63. The van der Waals surface area contributed by atoms with Crippen LogP contribution in [0.3, 0.4) is 0 Å². The molecule has 0 saturated carbocycles. The van der Waals surface area contributed by atoms with Gasteiger partial charge in [0.2, 0.25) is 5.95 Å². The van der Waals surface area contributed by atoms with Gasteiger partial charge in [-0.15, -0.1) is 5.10 Å². The molecule has 1 N–H and O–H groups in total. The molecule has 2 rings (SSSR count). The van der Waals surface area contributed by atoms with Crippen molar-refractivity contribution >= 4 is 23.2 Å². The summed E-state index contributed by atoms with van der Waals surface area (Å²) < 4.78 is 7.17. The number of nitrogens with zero attached hydrogens (tertiary/aromatic N) is 3. The SMILES string of the molecule is CC(C)CCOCCNc1nc2ccc(Cl)cn2n1. The number of hydrogen-bond acceptors (Lipinski definition) is 4. The standard InChI is InChI=1S/C13H19ClN4O/c1-10(2)5-7-19-8-6-15-13-16-12-4-3-11(14)9-18(12)17-13/h3-4,9-10H,5-8H2,1-2H3,(H,15,17). The minimum absolute atomic E-state index is 0.592. The molecule has 19 heavy (non-hydrogen) atoms. The summed E-state index contributed by atoms with van der Waals surface area (Å²) in [6.45, 7) is 6.53. The van der Waals surface area contributed by atoms with Crippen molar-refractivity contribution in [1.82, 2.24) is 14.6 Å². The smallest absolute Gasteiger partial charge is 0.243 e. The van der Waals surface area contributed by atoms with Gasteiger partial charge in [-0.2, -0.15) is 4.98 Å². The van der Waals surface area contributed by atoms with Crippen LogP contribution in [-0.4, -0.2) is 34.4 Å². The van der Waals surface area contributed by atoms with E-state index in [0.717, 1.165) is 18.7 Å². The lowest BCUT2D eigenvalue weighted by Crippen LogP contribution is -2.11. The molecule has 6 heteroatoms. The van der Waals surface area contributed by atoms with Crippen molar-refractivity contribution in [3.05, 3.63) is 23.4 Å². The Labute approximate surface area is 117 Å².